The van der Waals surface area contributed by atoms with Gasteiger partial charge in [-0.15, -0.1) is 0 Å². The van der Waals surface area contributed by atoms with E-state index in [0.717, 1.165) is 11.5 Å². The Morgan fingerprint density at radius 3 is 2.59 bits per heavy atom. The Hall–Kier alpha value is -1.49. The first-order chi connectivity index (χ1) is 10.5. The fourth-order valence-corrected chi connectivity index (χ4v) is 2.32. The second kappa shape index (κ2) is 7.68. The molecule has 2 rings (SSSR count). The molecular weight excluding hydrogens is 325 g/mol. The molecule has 118 valence electrons. The van der Waals surface area contributed by atoms with Crippen molar-refractivity contribution in [2.45, 2.75) is 13.5 Å². The third-order valence-corrected chi connectivity index (χ3v) is 3.90. The Kier molecular flexibility index (Phi) is 5.89. The number of carbonyl (C=O) groups is 1. The number of hydrogen-bond acceptors (Lipinski definition) is 3. The van der Waals surface area contributed by atoms with E-state index in [9.17, 15) is 4.79 Å². The number of benzene rings is 1. The molecule has 0 unspecified atom stereocenters. The van der Waals surface area contributed by atoms with Gasteiger partial charge in [-0.1, -0.05) is 23.2 Å². The molecule has 4 nitrogen and oxygen atoms in total. The van der Waals surface area contributed by atoms with Crippen molar-refractivity contribution in [3.63, 3.8) is 0 Å². The highest BCUT2D eigenvalue weighted by Gasteiger charge is 2.18. The second-order valence-corrected chi connectivity index (χ2v) is 5.68. The van der Waals surface area contributed by atoms with Gasteiger partial charge in [0.25, 0.3) is 5.91 Å². The minimum Gasteiger partial charge on any atom is -0.464 e. The van der Waals surface area contributed by atoms with Crippen LogP contribution in [0.4, 0.5) is 0 Å². The number of nitrogens with zero attached hydrogens (tertiary/aromatic N) is 1. The summed E-state index contributed by atoms with van der Waals surface area (Å²) in [7, 11) is 1.60. The average molecular weight is 342 g/mol. The smallest absolute Gasteiger partial charge is 0.254 e. The molecule has 0 aliphatic carbocycles. The van der Waals surface area contributed by atoms with Gasteiger partial charge in [0.05, 0.1) is 23.2 Å². The molecule has 0 atom stereocenters. The van der Waals surface area contributed by atoms with Gasteiger partial charge in [0.15, 0.2) is 0 Å². The van der Waals surface area contributed by atoms with Gasteiger partial charge in [0, 0.05) is 19.2 Å². The molecule has 0 fully saturated rings. The molecule has 0 spiro atoms. The van der Waals surface area contributed by atoms with Crippen LogP contribution in [-0.2, 0) is 11.3 Å². The Morgan fingerprint density at radius 1 is 1.23 bits per heavy atom. The third kappa shape index (κ3) is 4.26. The molecule has 0 N–H and O–H groups in total. The van der Waals surface area contributed by atoms with Crippen LogP contribution in [0.5, 0.6) is 0 Å². The lowest BCUT2D eigenvalue weighted by molar-refractivity contribution is 0.0666. The van der Waals surface area contributed by atoms with E-state index in [1.807, 2.05) is 19.1 Å². The molecule has 0 bridgehead atoms. The van der Waals surface area contributed by atoms with Crippen molar-refractivity contribution in [1.29, 1.82) is 0 Å². The van der Waals surface area contributed by atoms with Crippen molar-refractivity contribution in [3.05, 3.63) is 57.5 Å². The first kappa shape index (κ1) is 16.9. The van der Waals surface area contributed by atoms with Gasteiger partial charge in [-0.3, -0.25) is 4.79 Å². The summed E-state index contributed by atoms with van der Waals surface area (Å²) in [5, 5.41) is 0.774. The van der Waals surface area contributed by atoms with Crippen LogP contribution in [0.3, 0.4) is 0 Å². The third-order valence-electron chi connectivity index (χ3n) is 3.16. The van der Waals surface area contributed by atoms with E-state index in [0.29, 0.717) is 35.3 Å². The maximum absolute atomic E-state index is 12.7. The fourth-order valence-electron chi connectivity index (χ4n) is 2.02. The number of ether oxygens (including phenoxy) is 1. The number of amides is 1. The van der Waals surface area contributed by atoms with Crippen molar-refractivity contribution in [3.8, 4) is 0 Å². The van der Waals surface area contributed by atoms with Crippen molar-refractivity contribution in [1.82, 2.24) is 4.90 Å². The number of furan rings is 1. The summed E-state index contributed by atoms with van der Waals surface area (Å²) in [5.41, 5.74) is 0.480. The van der Waals surface area contributed by atoms with E-state index in [-0.39, 0.29) is 5.91 Å². The van der Waals surface area contributed by atoms with Crippen molar-refractivity contribution >= 4 is 29.1 Å². The molecule has 0 saturated carbocycles. The van der Waals surface area contributed by atoms with Gasteiger partial charge in [-0.2, -0.15) is 0 Å². The topological polar surface area (TPSA) is 42.7 Å². The quantitative estimate of drug-likeness (QED) is 0.791. The standard InChI is InChI=1S/C16H17Cl2NO3/c1-11-3-5-13(22-11)10-19(7-8-21-2)16(20)12-4-6-14(17)15(18)9-12/h3-6,9H,7-8,10H2,1-2H3. The number of methoxy groups -OCH3 is 1. The van der Waals surface area contributed by atoms with Gasteiger partial charge in [-0.25, -0.2) is 0 Å². The zero-order chi connectivity index (χ0) is 16.1. The summed E-state index contributed by atoms with van der Waals surface area (Å²) in [4.78, 5) is 14.3. The number of rotatable bonds is 6. The normalized spacial score (nSPS) is 10.7. The molecule has 0 aliphatic heterocycles. The predicted molar refractivity (Wildman–Crippen MR) is 86.5 cm³/mol. The van der Waals surface area contributed by atoms with Gasteiger partial charge in [0.2, 0.25) is 0 Å². The van der Waals surface area contributed by atoms with Crippen LogP contribution in [0.1, 0.15) is 21.9 Å². The zero-order valence-corrected chi connectivity index (χ0v) is 13.9. The maximum atomic E-state index is 12.7. The highest BCUT2D eigenvalue weighted by atomic mass is 35.5. The van der Waals surface area contributed by atoms with Crippen LogP contribution >= 0.6 is 23.2 Å². The van der Waals surface area contributed by atoms with Crippen molar-refractivity contribution in [2.24, 2.45) is 0 Å². The minimum atomic E-state index is -0.148. The van der Waals surface area contributed by atoms with E-state index < -0.39 is 0 Å². The van der Waals surface area contributed by atoms with Crippen LogP contribution in [-0.4, -0.2) is 31.1 Å². The van der Waals surface area contributed by atoms with E-state index in [2.05, 4.69) is 0 Å². The first-order valence-corrected chi connectivity index (χ1v) is 7.55. The molecule has 1 aromatic carbocycles. The van der Waals surface area contributed by atoms with Crippen molar-refractivity contribution in [2.75, 3.05) is 20.3 Å². The lowest BCUT2D eigenvalue weighted by Crippen LogP contribution is -2.33. The molecule has 2 aromatic rings. The van der Waals surface area contributed by atoms with Gasteiger partial charge in [0.1, 0.15) is 11.5 Å². The van der Waals surface area contributed by atoms with Crippen LogP contribution in [0.15, 0.2) is 34.7 Å². The van der Waals surface area contributed by atoms with E-state index in [1.165, 1.54) is 0 Å². The monoisotopic (exact) mass is 341 g/mol. The van der Waals surface area contributed by atoms with Crippen LogP contribution in [0.2, 0.25) is 10.0 Å². The summed E-state index contributed by atoms with van der Waals surface area (Å²) in [6, 6.07) is 8.57. The molecule has 0 radical (unpaired) electrons. The first-order valence-electron chi connectivity index (χ1n) is 6.80. The van der Waals surface area contributed by atoms with E-state index in [4.69, 9.17) is 32.4 Å². The fraction of sp³-hybridized carbons (Fsp3) is 0.312. The number of halogens is 2. The Balaban J connectivity index is 2.19. The lowest BCUT2D eigenvalue weighted by atomic mass is 10.2. The maximum Gasteiger partial charge on any atom is 0.254 e. The highest BCUT2D eigenvalue weighted by molar-refractivity contribution is 6.42. The summed E-state index contributed by atoms with van der Waals surface area (Å²) in [6.45, 7) is 3.13. The minimum absolute atomic E-state index is 0.148. The molecule has 1 amide bonds. The largest absolute Gasteiger partial charge is 0.464 e. The predicted octanol–water partition coefficient (Wildman–Crippen LogP) is 4.18. The SMILES string of the molecule is COCCN(Cc1ccc(C)o1)C(=O)c1ccc(Cl)c(Cl)c1. The lowest BCUT2D eigenvalue weighted by Gasteiger charge is -2.21. The zero-order valence-electron chi connectivity index (χ0n) is 12.4. The summed E-state index contributed by atoms with van der Waals surface area (Å²) < 4.78 is 10.6. The number of hydrogen-bond donors (Lipinski definition) is 0. The average Bonchev–Trinajstić information content (AvgIpc) is 2.91. The van der Waals surface area contributed by atoms with Crippen LogP contribution < -0.4 is 0 Å². The molecule has 1 aromatic heterocycles. The molecule has 1 heterocycles. The molecule has 0 saturated heterocycles. The van der Waals surface area contributed by atoms with Gasteiger partial charge < -0.3 is 14.1 Å². The van der Waals surface area contributed by atoms with Crippen LogP contribution in [0, 0.1) is 6.92 Å². The summed E-state index contributed by atoms with van der Waals surface area (Å²) in [5.74, 6) is 1.38. The van der Waals surface area contributed by atoms with E-state index in [1.54, 1.807) is 30.2 Å². The summed E-state index contributed by atoms with van der Waals surface area (Å²) in [6.07, 6.45) is 0. The van der Waals surface area contributed by atoms with Crippen molar-refractivity contribution < 1.29 is 13.9 Å². The molecule has 0 aliphatic rings. The Labute approximate surface area is 139 Å². The van der Waals surface area contributed by atoms with Crippen LogP contribution in [0.25, 0.3) is 0 Å². The van der Waals surface area contributed by atoms with E-state index >= 15 is 0 Å². The summed E-state index contributed by atoms with van der Waals surface area (Å²) >= 11 is 11.9. The Bertz CT molecular complexity index is 655. The van der Waals surface area contributed by atoms with Gasteiger partial charge in [-0.05, 0) is 37.3 Å². The Morgan fingerprint density at radius 2 is 2.00 bits per heavy atom. The number of aryl methyl sites for hydroxylation is 1. The highest BCUT2D eigenvalue weighted by Crippen LogP contribution is 2.23. The van der Waals surface area contributed by atoms with Gasteiger partial charge >= 0.3 is 0 Å². The second-order valence-electron chi connectivity index (χ2n) is 4.86. The number of carbonyl (C=O) groups excluding carboxylic acids is 1. The molecule has 6 heteroatoms. The molecular formula is C16H17Cl2NO3. The molecule has 22 heavy (non-hydrogen) atoms.